The van der Waals surface area contributed by atoms with Gasteiger partial charge in [-0.2, -0.15) is 0 Å². The Hall–Kier alpha value is -2.15. The van der Waals surface area contributed by atoms with Crippen LogP contribution in [0.4, 0.5) is 5.69 Å². The molecule has 0 amide bonds. The number of rotatable bonds is 7. The zero-order chi connectivity index (χ0) is 19.4. The van der Waals surface area contributed by atoms with E-state index in [9.17, 15) is 0 Å². The largest absolute Gasteiger partial charge is 0.497 e. The summed E-state index contributed by atoms with van der Waals surface area (Å²) in [5.74, 6) is 1.89. The van der Waals surface area contributed by atoms with Crippen molar-refractivity contribution < 1.29 is 4.74 Å². The molecule has 1 aliphatic heterocycles. The minimum atomic E-state index is -0.0747. The molecule has 7 nitrogen and oxygen atoms in total. The van der Waals surface area contributed by atoms with Crippen molar-refractivity contribution in [2.75, 3.05) is 38.2 Å². The Balaban J connectivity index is 1.72. The van der Waals surface area contributed by atoms with Crippen LogP contribution in [-0.2, 0) is 5.54 Å². The molecule has 1 fully saturated rings. The van der Waals surface area contributed by atoms with Gasteiger partial charge in [0.05, 0.1) is 18.7 Å². The Kier molecular flexibility index (Phi) is 5.99. The Labute approximate surface area is 162 Å². The first kappa shape index (κ1) is 19.6. The van der Waals surface area contributed by atoms with Crippen LogP contribution >= 0.6 is 0 Å². The molecule has 3 rings (SSSR count). The number of piperazine rings is 1. The second-order valence-electron chi connectivity index (χ2n) is 7.76. The molecule has 2 aromatic rings. The molecule has 1 aliphatic rings. The molecule has 0 aliphatic carbocycles. The predicted octanol–water partition coefficient (Wildman–Crippen LogP) is 3.10. The van der Waals surface area contributed by atoms with E-state index >= 15 is 0 Å². The highest BCUT2D eigenvalue weighted by molar-refractivity contribution is 5.51. The molecular formula is C20H32N6O. The van der Waals surface area contributed by atoms with Crippen LogP contribution in [0, 0.1) is 0 Å². The summed E-state index contributed by atoms with van der Waals surface area (Å²) >= 11 is 0. The lowest BCUT2D eigenvalue weighted by molar-refractivity contribution is 0.158. The highest BCUT2D eigenvalue weighted by Crippen LogP contribution is 2.29. The number of aromatic nitrogens is 4. The van der Waals surface area contributed by atoms with Gasteiger partial charge in [-0.3, -0.25) is 4.90 Å². The molecule has 7 heteroatoms. The second kappa shape index (κ2) is 8.25. The summed E-state index contributed by atoms with van der Waals surface area (Å²) in [5.41, 5.74) is 1.15. The number of hydrogen-bond acceptors (Lipinski definition) is 6. The Bertz CT molecular complexity index is 736. The molecule has 0 spiro atoms. The first-order valence-electron chi connectivity index (χ1n) is 9.92. The van der Waals surface area contributed by atoms with E-state index in [0.29, 0.717) is 0 Å². The van der Waals surface area contributed by atoms with Crippen LogP contribution in [-0.4, -0.2) is 58.4 Å². The molecule has 0 radical (unpaired) electrons. The topological polar surface area (TPSA) is 59.3 Å². The minimum Gasteiger partial charge on any atom is -0.497 e. The van der Waals surface area contributed by atoms with E-state index < -0.39 is 0 Å². The summed E-state index contributed by atoms with van der Waals surface area (Å²) in [4.78, 5) is 4.94. The van der Waals surface area contributed by atoms with Gasteiger partial charge >= 0.3 is 0 Å². The molecular weight excluding hydrogens is 340 g/mol. The maximum atomic E-state index is 5.36. The van der Waals surface area contributed by atoms with Crippen molar-refractivity contribution in [3.8, 4) is 5.75 Å². The molecule has 1 atom stereocenters. The molecule has 2 heterocycles. The van der Waals surface area contributed by atoms with Crippen molar-refractivity contribution in [1.29, 1.82) is 0 Å². The first-order valence-corrected chi connectivity index (χ1v) is 9.92. The zero-order valence-electron chi connectivity index (χ0n) is 17.2. The Morgan fingerprint density at radius 2 is 1.89 bits per heavy atom. The highest BCUT2D eigenvalue weighted by Gasteiger charge is 2.32. The van der Waals surface area contributed by atoms with Gasteiger partial charge in [-0.05, 0) is 49.2 Å². The Morgan fingerprint density at radius 1 is 1.15 bits per heavy atom. The molecule has 0 saturated carbocycles. The average molecular weight is 373 g/mol. The van der Waals surface area contributed by atoms with Gasteiger partial charge in [0.25, 0.3) is 0 Å². The fourth-order valence-corrected chi connectivity index (χ4v) is 3.69. The first-order chi connectivity index (χ1) is 13.0. The van der Waals surface area contributed by atoms with Gasteiger partial charge in [-0.15, -0.1) is 5.10 Å². The molecule has 0 N–H and O–H groups in total. The van der Waals surface area contributed by atoms with E-state index in [1.165, 1.54) is 5.69 Å². The molecule has 1 unspecified atom stereocenters. The van der Waals surface area contributed by atoms with Crippen LogP contribution in [0.3, 0.4) is 0 Å². The smallest absolute Gasteiger partial charge is 0.168 e. The summed E-state index contributed by atoms with van der Waals surface area (Å²) in [6, 6.07) is 8.55. The van der Waals surface area contributed by atoms with Gasteiger partial charge < -0.3 is 9.64 Å². The maximum absolute atomic E-state index is 5.36. The third-order valence-electron chi connectivity index (χ3n) is 5.79. The predicted molar refractivity (Wildman–Crippen MR) is 107 cm³/mol. The van der Waals surface area contributed by atoms with Crippen LogP contribution < -0.4 is 9.64 Å². The minimum absolute atomic E-state index is 0.0747. The maximum Gasteiger partial charge on any atom is 0.168 e. The number of benzene rings is 1. The molecule has 0 bridgehead atoms. The number of hydrogen-bond donors (Lipinski definition) is 0. The number of tetrazole rings is 1. The van der Waals surface area contributed by atoms with Crippen LogP contribution in [0.5, 0.6) is 5.75 Å². The fourth-order valence-electron chi connectivity index (χ4n) is 3.69. The van der Waals surface area contributed by atoms with E-state index in [0.717, 1.165) is 50.6 Å². The SMILES string of the molecule is CCC(c1nnnn1C(C)(C)CC)N1CCN(c2cccc(OC)c2)CC1. The van der Waals surface area contributed by atoms with Crippen molar-refractivity contribution >= 4 is 5.69 Å². The molecule has 1 aromatic heterocycles. The van der Waals surface area contributed by atoms with Crippen molar-refractivity contribution in [2.24, 2.45) is 0 Å². The van der Waals surface area contributed by atoms with Crippen LogP contribution in [0.15, 0.2) is 24.3 Å². The van der Waals surface area contributed by atoms with Crippen molar-refractivity contribution in [3.05, 3.63) is 30.1 Å². The number of methoxy groups -OCH3 is 1. The Morgan fingerprint density at radius 3 is 2.52 bits per heavy atom. The van der Waals surface area contributed by atoms with Gasteiger partial charge in [0.15, 0.2) is 5.82 Å². The van der Waals surface area contributed by atoms with E-state index in [4.69, 9.17) is 4.74 Å². The quantitative estimate of drug-likeness (QED) is 0.744. The average Bonchev–Trinajstić information content (AvgIpc) is 3.19. The zero-order valence-corrected chi connectivity index (χ0v) is 17.2. The van der Waals surface area contributed by atoms with Gasteiger partial charge in [0.2, 0.25) is 0 Å². The van der Waals surface area contributed by atoms with E-state index in [1.54, 1.807) is 7.11 Å². The summed E-state index contributed by atoms with van der Waals surface area (Å²) < 4.78 is 7.39. The lowest BCUT2D eigenvalue weighted by Crippen LogP contribution is -2.48. The van der Waals surface area contributed by atoms with Crippen molar-refractivity contribution in [3.63, 3.8) is 0 Å². The molecule has 148 valence electrons. The van der Waals surface area contributed by atoms with Crippen molar-refractivity contribution in [1.82, 2.24) is 25.1 Å². The summed E-state index contributed by atoms with van der Waals surface area (Å²) in [5, 5.41) is 12.7. The van der Waals surface area contributed by atoms with Gasteiger partial charge in [-0.25, -0.2) is 4.68 Å². The van der Waals surface area contributed by atoms with E-state index in [1.807, 2.05) is 10.7 Å². The number of ether oxygens (including phenoxy) is 1. The van der Waals surface area contributed by atoms with E-state index in [2.05, 4.69) is 71.2 Å². The van der Waals surface area contributed by atoms with Crippen LogP contribution in [0.25, 0.3) is 0 Å². The number of nitrogens with zero attached hydrogens (tertiary/aromatic N) is 6. The van der Waals surface area contributed by atoms with Gasteiger partial charge in [0.1, 0.15) is 5.75 Å². The highest BCUT2D eigenvalue weighted by atomic mass is 16.5. The van der Waals surface area contributed by atoms with Crippen LogP contribution in [0.1, 0.15) is 52.4 Å². The third-order valence-corrected chi connectivity index (χ3v) is 5.79. The normalized spacial score (nSPS) is 17.1. The van der Waals surface area contributed by atoms with Crippen LogP contribution in [0.2, 0.25) is 0 Å². The summed E-state index contributed by atoms with van der Waals surface area (Å²) in [6.07, 6.45) is 1.99. The molecule has 1 saturated heterocycles. The van der Waals surface area contributed by atoms with Crippen molar-refractivity contribution in [2.45, 2.75) is 52.1 Å². The third kappa shape index (κ3) is 4.08. The molecule has 1 aromatic carbocycles. The second-order valence-corrected chi connectivity index (χ2v) is 7.76. The summed E-state index contributed by atoms with van der Waals surface area (Å²) in [7, 11) is 1.71. The summed E-state index contributed by atoms with van der Waals surface area (Å²) in [6.45, 7) is 12.8. The number of anilines is 1. The lowest BCUT2D eigenvalue weighted by Gasteiger charge is -2.40. The standard InChI is InChI=1S/C20H32N6O/c1-6-18(19-21-22-23-26(19)20(3,4)7-2)25-13-11-24(12-14-25)16-9-8-10-17(15-16)27-5/h8-10,15,18H,6-7,11-14H2,1-5H3. The van der Waals surface area contributed by atoms with E-state index in [-0.39, 0.29) is 11.6 Å². The fraction of sp³-hybridized carbons (Fsp3) is 0.650. The monoisotopic (exact) mass is 372 g/mol. The van der Waals surface area contributed by atoms with Gasteiger partial charge in [-0.1, -0.05) is 19.9 Å². The molecule has 27 heavy (non-hydrogen) atoms. The lowest BCUT2D eigenvalue weighted by atomic mass is 10.0. The van der Waals surface area contributed by atoms with Gasteiger partial charge in [0, 0.05) is 37.9 Å².